The lowest BCUT2D eigenvalue weighted by molar-refractivity contribution is 0.475. The highest BCUT2D eigenvalue weighted by Crippen LogP contribution is 2.41. The maximum Gasteiger partial charge on any atom is 0.366 e. The van der Waals surface area contributed by atoms with Gasteiger partial charge in [-0.15, -0.1) is 0 Å². The van der Waals surface area contributed by atoms with E-state index >= 15 is 0 Å². The Morgan fingerprint density at radius 3 is 1.21 bits per heavy atom. The molecule has 0 fully saturated rings. The molecule has 9 rings (SSSR count). The fourth-order valence-electron chi connectivity index (χ4n) is 7.15. The Hall–Kier alpha value is -6.89. The number of rotatable bonds is 5. The molecular formula is C40H26N8O3S. The van der Waals surface area contributed by atoms with E-state index in [4.69, 9.17) is 29.9 Å². The molecule has 0 unspecified atom stereocenters. The molecule has 11 nitrogen and oxygen atoms in total. The Labute approximate surface area is 296 Å². The van der Waals surface area contributed by atoms with Gasteiger partial charge in [0.05, 0.1) is 0 Å². The first-order chi connectivity index (χ1) is 25.2. The van der Waals surface area contributed by atoms with Gasteiger partial charge in [0.2, 0.25) is 0 Å². The van der Waals surface area contributed by atoms with Crippen LogP contribution in [0, 0.1) is 0 Å². The molecule has 0 radical (unpaired) electrons. The van der Waals surface area contributed by atoms with Gasteiger partial charge in [0.1, 0.15) is 11.3 Å². The average Bonchev–Trinajstić information content (AvgIpc) is 3.88. The maximum atomic E-state index is 13.3. The fourth-order valence-corrected chi connectivity index (χ4v) is 7.87. The zero-order valence-corrected chi connectivity index (χ0v) is 28.2. The van der Waals surface area contributed by atoms with Crippen LogP contribution < -0.4 is 0 Å². The lowest BCUT2D eigenvalue weighted by Gasteiger charge is -2.13. The topological polar surface area (TPSA) is 152 Å². The van der Waals surface area contributed by atoms with Crippen molar-refractivity contribution in [3.05, 3.63) is 121 Å². The zero-order chi connectivity index (χ0) is 35.9. The zero-order valence-electron chi connectivity index (χ0n) is 27.4. The van der Waals surface area contributed by atoms with Gasteiger partial charge in [-0.3, -0.25) is 4.55 Å². The van der Waals surface area contributed by atoms with E-state index in [2.05, 4.69) is 31.3 Å². The number of fused-ring (bicyclic) bond motifs is 20. The molecule has 8 bridgehead atoms. The van der Waals surface area contributed by atoms with E-state index in [9.17, 15) is 13.0 Å². The van der Waals surface area contributed by atoms with Gasteiger partial charge in [-0.25, -0.2) is 29.9 Å². The largest absolute Gasteiger partial charge is 0.366 e. The summed E-state index contributed by atoms with van der Waals surface area (Å²) in [4.78, 5) is 33.0. The minimum atomic E-state index is -4.96. The highest BCUT2D eigenvalue weighted by molar-refractivity contribution is 7.84. The van der Waals surface area contributed by atoms with Gasteiger partial charge < -0.3 is 4.98 Å². The number of hydrogen-bond donors (Lipinski definition) is 2. The number of aromatic nitrogens is 8. The molecule has 250 valence electrons. The first-order valence-electron chi connectivity index (χ1n) is 16.1. The van der Waals surface area contributed by atoms with Crippen molar-refractivity contribution in [1.82, 2.24) is 38.9 Å². The Morgan fingerprint density at radius 1 is 0.519 bits per heavy atom. The number of nitrogens with zero attached hydrogens (tertiary/aromatic N) is 7. The van der Waals surface area contributed by atoms with Crippen LogP contribution in [0.2, 0.25) is 0 Å². The Kier molecular flexibility index (Phi) is 6.77. The molecule has 0 amide bonds. The molecule has 3 aromatic heterocycles. The molecule has 12 heteroatoms. The van der Waals surface area contributed by atoms with E-state index in [1.165, 1.54) is 0 Å². The van der Waals surface area contributed by atoms with E-state index in [0.717, 1.165) is 26.2 Å². The van der Waals surface area contributed by atoms with Crippen molar-refractivity contribution < 1.29 is 13.0 Å². The summed E-state index contributed by atoms with van der Waals surface area (Å²) in [6.45, 7) is 16.5. The second-order valence-corrected chi connectivity index (χ2v) is 13.3. The second kappa shape index (κ2) is 11.3. The number of H-pyrrole nitrogens is 1. The molecule has 2 aliphatic rings. The molecule has 0 saturated carbocycles. The molecule has 0 saturated heterocycles. The van der Waals surface area contributed by atoms with Gasteiger partial charge in [0, 0.05) is 43.8 Å². The van der Waals surface area contributed by atoms with E-state index in [0.29, 0.717) is 66.7 Å². The summed E-state index contributed by atoms with van der Waals surface area (Å²) in [5.41, 5.74) is 6.35. The highest BCUT2D eigenvalue weighted by atomic mass is 32.2. The van der Waals surface area contributed by atoms with Crippen LogP contribution in [-0.4, -0.2) is 51.8 Å². The summed E-state index contributed by atoms with van der Waals surface area (Å²) in [6.07, 6.45) is 6.99. The summed E-state index contributed by atoms with van der Waals surface area (Å²) < 4.78 is 38.0. The first-order valence-corrected chi connectivity index (χ1v) is 17.5. The molecule has 0 aliphatic carbocycles. The summed E-state index contributed by atoms with van der Waals surface area (Å²) in [5, 5.41) is 2.26. The van der Waals surface area contributed by atoms with Crippen LogP contribution in [0.4, 0.5) is 0 Å². The summed E-state index contributed by atoms with van der Waals surface area (Å²) in [5.74, 6) is 1.02. The molecule has 4 aromatic carbocycles. The number of hydrogen-bond acceptors (Lipinski definition) is 8. The minimum absolute atomic E-state index is 0.0794. The molecule has 52 heavy (non-hydrogen) atoms. The third-order valence-electron chi connectivity index (χ3n) is 9.31. The van der Waals surface area contributed by atoms with Crippen LogP contribution in [0.5, 0.6) is 0 Å². The van der Waals surface area contributed by atoms with E-state index in [1.807, 2.05) is 48.5 Å². The predicted octanol–water partition coefficient (Wildman–Crippen LogP) is 8.57. The van der Waals surface area contributed by atoms with E-state index in [-0.39, 0.29) is 22.9 Å². The Balaban J connectivity index is 1.61. The predicted molar refractivity (Wildman–Crippen MR) is 207 cm³/mol. The Morgan fingerprint density at radius 2 is 0.865 bits per heavy atom. The van der Waals surface area contributed by atoms with Crippen molar-refractivity contribution in [2.24, 2.45) is 0 Å². The van der Waals surface area contributed by atoms with Crippen molar-refractivity contribution in [2.75, 3.05) is 0 Å². The SMILES string of the molecule is C=Cc1c(C=C)c(C=C)c2c3nc4nc(nc5c6ccccc6c(nc6nc(nc([nH]3)c2c1C=C)-c1ccccc1-6)n5S(=O)(=O)O)-c1ccccc1-4. The highest BCUT2D eigenvalue weighted by Gasteiger charge is 2.27. The first kappa shape index (κ1) is 31.1. The van der Waals surface area contributed by atoms with Crippen LogP contribution in [0.15, 0.2) is 99.1 Å². The van der Waals surface area contributed by atoms with Crippen LogP contribution >= 0.6 is 0 Å². The molecule has 2 N–H and O–H groups in total. The third kappa shape index (κ3) is 4.38. The smallest absolute Gasteiger partial charge is 0.324 e. The summed E-state index contributed by atoms with van der Waals surface area (Å²) in [6, 6.07) is 21.7. The second-order valence-electron chi connectivity index (χ2n) is 12.0. The standard InChI is InChI=1S/C40H26N8O3S/c1-5-21-22(6-2)24(8-4)32-31(23(21)7-3)37-43-33-25-15-9-11-17-27(25)35(41-33)46-39-29-19-13-14-20-30(29)40(48(39)52(49,50)51)47-36-28-18-12-10-16-26(28)34(42-36)44-38(32)45-37/h5-20H,1-4H2,(H,49,50,51)(H,41,42,43,44,45,46,47). The monoisotopic (exact) mass is 698 g/mol. The molecule has 7 aromatic rings. The lowest BCUT2D eigenvalue weighted by Crippen LogP contribution is -2.11. The molecule has 0 spiro atoms. The summed E-state index contributed by atoms with van der Waals surface area (Å²) >= 11 is 0. The quantitative estimate of drug-likeness (QED) is 0.168. The lowest BCUT2D eigenvalue weighted by atomic mass is 9.90. The van der Waals surface area contributed by atoms with Crippen LogP contribution in [0.3, 0.4) is 0 Å². The van der Waals surface area contributed by atoms with Crippen molar-refractivity contribution in [3.8, 4) is 45.6 Å². The minimum Gasteiger partial charge on any atom is -0.324 e. The Bertz CT molecular complexity index is 2900. The fraction of sp³-hybridized carbons (Fsp3) is 0. The van der Waals surface area contributed by atoms with Crippen LogP contribution in [0.25, 0.3) is 114 Å². The molecular weight excluding hydrogens is 673 g/mol. The van der Waals surface area contributed by atoms with Gasteiger partial charge in [-0.05, 0) is 22.3 Å². The van der Waals surface area contributed by atoms with Gasteiger partial charge in [-0.1, -0.05) is 123 Å². The van der Waals surface area contributed by atoms with Crippen LogP contribution in [0.1, 0.15) is 22.3 Å². The average molecular weight is 699 g/mol. The maximum absolute atomic E-state index is 13.3. The van der Waals surface area contributed by atoms with Gasteiger partial charge in [-0.2, -0.15) is 12.4 Å². The molecule has 5 heterocycles. The van der Waals surface area contributed by atoms with Crippen molar-refractivity contribution in [2.45, 2.75) is 0 Å². The van der Waals surface area contributed by atoms with Crippen molar-refractivity contribution in [1.29, 1.82) is 0 Å². The number of aromatic amines is 1. The number of benzene rings is 4. The van der Waals surface area contributed by atoms with Gasteiger partial charge in [0.25, 0.3) is 0 Å². The molecule has 2 aliphatic heterocycles. The van der Waals surface area contributed by atoms with Crippen molar-refractivity contribution >= 4 is 78.7 Å². The normalized spacial score (nSPS) is 12.0. The van der Waals surface area contributed by atoms with Gasteiger partial charge in [0.15, 0.2) is 34.6 Å². The third-order valence-corrected chi connectivity index (χ3v) is 10.1. The summed E-state index contributed by atoms with van der Waals surface area (Å²) in [7, 11) is -4.96. The van der Waals surface area contributed by atoms with Crippen LogP contribution in [-0.2, 0) is 10.3 Å². The van der Waals surface area contributed by atoms with Crippen molar-refractivity contribution in [3.63, 3.8) is 0 Å². The number of nitrogens with one attached hydrogen (secondary N) is 1. The van der Waals surface area contributed by atoms with E-state index in [1.54, 1.807) is 48.6 Å². The molecule has 0 atom stereocenters. The van der Waals surface area contributed by atoms with E-state index < -0.39 is 10.3 Å². The van der Waals surface area contributed by atoms with Gasteiger partial charge >= 0.3 is 10.3 Å².